The fourth-order valence-electron chi connectivity index (χ4n) is 2.06. The third kappa shape index (κ3) is 3.48. The van der Waals surface area contributed by atoms with Crippen LogP contribution in [0.15, 0.2) is 18.5 Å². The number of carboxylic acid groups (broad SMARTS) is 1. The molecule has 1 aliphatic rings. The van der Waals surface area contributed by atoms with Crippen molar-refractivity contribution in [2.24, 2.45) is 0 Å². The van der Waals surface area contributed by atoms with Gasteiger partial charge >= 0.3 is 5.97 Å². The van der Waals surface area contributed by atoms with Gasteiger partial charge in [-0.05, 0) is 11.6 Å². The van der Waals surface area contributed by atoms with Crippen LogP contribution in [0.2, 0.25) is 0 Å². The number of hydrogen-bond donors (Lipinski definition) is 1. The van der Waals surface area contributed by atoms with Crippen LogP contribution in [-0.2, 0) is 16.1 Å². The molecule has 2 heterocycles. The van der Waals surface area contributed by atoms with Gasteiger partial charge in [-0.2, -0.15) is 0 Å². The van der Waals surface area contributed by atoms with Gasteiger partial charge in [0.05, 0.1) is 25.8 Å². The highest BCUT2D eigenvalue weighted by atomic mass is 19.1. The van der Waals surface area contributed by atoms with Crippen molar-refractivity contribution in [3.63, 3.8) is 0 Å². The second kappa shape index (κ2) is 5.88. The summed E-state index contributed by atoms with van der Waals surface area (Å²) in [7, 11) is 0. The summed E-state index contributed by atoms with van der Waals surface area (Å²) >= 11 is 0. The van der Waals surface area contributed by atoms with Crippen molar-refractivity contribution in [1.82, 2.24) is 9.88 Å². The van der Waals surface area contributed by atoms with E-state index in [0.717, 1.165) is 11.8 Å². The standard InChI is InChI=1S/C12H15FN2O3/c13-10-3-9(5-14-6-10)7-15-1-2-18-8-11(15)4-12(16)17/h3,5-6,11H,1-2,4,7-8H2,(H,16,17). The number of carbonyl (C=O) groups is 1. The summed E-state index contributed by atoms with van der Waals surface area (Å²) in [5.41, 5.74) is 0.743. The van der Waals surface area contributed by atoms with Crippen molar-refractivity contribution in [3.05, 3.63) is 29.8 Å². The Balaban J connectivity index is 2.03. The molecule has 0 aromatic carbocycles. The van der Waals surface area contributed by atoms with Gasteiger partial charge in [-0.1, -0.05) is 0 Å². The van der Waals surface area contributed by atoms with Crippen molar-refractivity contribution in [2.75, 3.05) is 19.8 Å². The van der Waals surface area contributed by atoms with Crippen LogP contribution in [0, 0.1) is 5.82 Å². The zero-order valence-corrected chi connectivity index (χ0v) is 9.88. The molecule has 1 N–H and O–H groups in total. The van der Waals surface area contributed by atoms with E-state index in [-0.39, 0.29) is 18.3 Å². The summed E-state index contributed by atoms with van der Waals surface area (Å²) in [6, 6.07) is 1.25. The minimum absolute atomic E-state index is 0.0305. The van der Waals surface area contributed by atoms with Crippen molar-refractivity contribution in [2.45, 2.75) is 19.0 Å². The van der Waals surface area contributed by atoms with Crippen molar-refractivity contribution >= 4 is 5.97 Å². The fourth-order valence-corrected chi connectivity index (χ4v) is 2.06. The SMILES string of the molecule is O=C(O)CC1COCCN1Cc1cncc(F)c1. The van der Waals surface area contributed by atoms with Gasteiger partial charge in [0.1, 0.15) is 5.82 Å². The van der Waals surface area contributed by atoms with E-state index in [1.165, 1.54) is 6.07 Å². The Bertz CT molecular complexity index is 428. The first-order chi connectivity index (χ1) is 8.65. The lowest BCUT2D eigenvalue weighted by Gasteiger charge is -2.34. The molecule has 0 amide bonds. The van der Waals surface area contributed by atoms with Gasteiger partial charge in [-0.15, -0.1) is 0 Å². The van der Waals surface area contributed by atoms with Gasteiger partial charge in [-0.3, -0.25) is 14.7 Å². The van der Waals surface area contributed by atoms with Crippen LogP contribution in [0.4, 0.5) is 4.39 Å². The molecule has 6 heteroatoms. The predicted molar refractivity (Wildman–Crippen MR) is 61.5 cm³/mol. The molecule has 5 nitrogen and oxygen atoms in total. The second-order valence-corrected chi connectivity index (χ2v) is 4.31. The van der Waals surface area contributed by atoms with Crippen LogP contribution in [0.25, 0.3) is 0 Å². The van der Waals surface area contributed by atoms with Gasteiger partial charge in [0.2, 0.25) is 0 Å². The van der Waals surface area contributed by atoms with E-state index < -0.39 is 5.97 Å². The van der Waals surface area contributed by atoms with E-state index in [4.69, 9.17) is 9.84 Å². The molecule has 1 saturated heterocycles. The van der Waals surface area contributed by atoms with Gasteiger partial charge in [0.25, 0.3) is 0 Å². The Kier molecular flexibility index (Phi) is 4.22. The Morgan fingerprint density at radius 1 is 1.61 bits per heavy atom. The van der Waals surface area contributed by atoms with E-state index in [1.807, 2.05) is 4.90 Å². The van der Waals surface area contributed by atoms with Crippen LogP contribution < -0.4 is 0 Å². The average molecular weight is 254 g/mol. The number of aliphatic carboxylic acids is 1. The summed E-state index contributed by atoms with van der Waals surface area (Å²) < 4.78 is 18.3. The third-order valence-corrected chi connectivity index (χ3v) is 2.91. The van der Waals surface area contributed by atoms with E-state index >= 15 is 0 Å². The molecule has 1 aromatic rings. The average Bonchev–Trinajstić information content (AvgIpc) is 2.31. The van der Waals surface area contributed by atoms with Gasteiger partial charge < -0.3 is 9.84 Å². The number of pyridine rings is 1. The molecular formula is C12H15FN2O3. The number of rotatable bonds is 4. The Morgan fingerprint density at radius 2 is 2.44 bits per heavy atom. The monoisotopic (exact) mass is 254 g/mol. The van der Waals surface area contributed by atoms with Crippen LogP contribution in [0.3, 0.4) is 0 Å². The van der Waals surface area contributed by atoms with Gasteiger partial charge in [0, 0.05) is 25.3 Å². The lowest BCUT2D eigenvalue weighted by Crippen LogP contribution is -2.45. The topological polar surface area (TPSA) is 62.7 Å². The Labute approximate surface area is 104 Å². The number of ether oxygens (including phenoxy) is 1. The first-order valence-corrected chi connectivity index (χ1v) is 5.78. The number of carboxylic acids is 1. The van der Waals surface area contributed by atoms with Crippen LogP contribution in [0.1, 0.15) is 12.0 Å². The lowest BCUT2D eigenvalue weighted by molar-refractivity contribution is -0.140. The highest BCUT2D eigenvalue weighted by molar-refractivity contribution is 5.67. The molecule has 18 heavy (non-hydrogen) atoms. The van der Waals surface area contributed by atoms with E-state index in [1.54, 1.807) is 6.20 Å². The highest BCUT2D eigenvalue weighted by Crippen LogP contribution is 2.15. The van der Waals surface area contributed by atoms with E-state index in [9.17, 15) is 9.18 Å². The van der Waals surface area contributed by atoms with E-state index in [0.29, 0.717) is 26.3 Å². The number of nitrogens with zero attached hydrogens (tertiary/aromatic N) is 2. The van der Waals surface area contributed by atoms with Crippen molar-refractivity contribution in [1.29, 1.82) is 0 Å². The smallest absolute Gasteiger partial charge is 0.305 e. The number of halogens is 1. The minimum atomic E-state index is -0.854. The first-order valence-electron chi connectivity index (χ1n) is 5.78. The predicted octanol–water partition coefficient (Wildman–Crippen LogP) is 0.896. The molecule has 0 aliphatic carbocycles. The summed E-state index contributed by atoms with van der Waals surface area (Å²) in [6.45, 7) is 2.11. The summed E-state index contributed by atoms with van der Waals surface area (Å²) in [6.07, 6.45) is 2.77. The summed E-state index contributed by atoms with van der Waals surface area (Å²) in [5.74, 6) is -1.23. The molecule has 0 bridgehead atoms. The highest BCUT2D eigenvalue weighted by Gasteiger charge is 2.25. The molecule has 98 valence electrons. The van der Waals surface area contributed by atoms with Crippen molar-refractivity contribution < 1.29 is 19.0 Å². The van der Waals surface area contributed by atoms with Gasteiger partial charge in [0.15, 0.2) is 0 Å². The zero-order valence-electron chi connectivity index (χ0n) is 9.88. The normalized spacial score (nSPS) is 20.8. The number of aromatic nitrogens is 1. The quantitative estimate of drug-likeness (QED) is 0.864. The molecule has 1 unspecified atom stereocenters. The van der Waals surface area contributed by atoms with Crippen LogP contribution in [0.5, 0.6) is 0 Å². The minimum Gasteiger partial charge on any atom is -0.481 e. The molecule has 1 aliphatic heterocycles. The summed E-state index contributed by atoms with van der Waals surface area (Å²) in [4.78, 5) is 16.5. The van der Waals surface area contributed by atoms with Gasteiger partial charge in [-0.25, -0.2) is 4.39 Å². The molecule has 2 rings (SSSR count). The van der Waals surface area contributed by atoms with Crippen LogP contribution in [-0.4, -0.2) is 46.8 Å². The maximum absolute atomic E-state index is 13.0. The summed E-state index contributed by atoms with van der Waals surface area (Å²) in [5, 5.41) is 8.84. The van der Waals surface area contributed by atoms with Crippen LogP contribution >= 0.6 is 0 Å². The molecular weight excluding hydrogens is 239 g/mol. The number of hydrogen-bond acceptors (Lipinski definition) is 4. The molecule has 1 aromatic heterocycles. The maximum Gasteiger partial charge on any atom is 0.305 e. The van der Waals surface area contributed by atoms with Crippen molar-refractivity contribution in [3.8, 4) is 0 Å². The van der Waals surface area contributed by atoms with E-state index in [2.05, 4.69) is 4.98 Å². The molecule has 1 atom stereocenters. The molecule has 0 saturated carbocycles. The fraction of sp³-hybridized carbons (Fsp3) is 0.500. The number of morpholine rings is 1. The lowest BCUT2D eigenvalue weighted by atomic mass is 10.1. The largest absolute Gasteiger partial charge is 0.481 e. The third-order valence-electron chi connectivity index (χ3n) is 2.91. The molecule has 1 fully saturated rings. The maximum atomic E-state index is 13.0. The zero-order chi connectivity index (χ0) is 13.0. The Hall–Kier alpha value is -1.53. The molecule has 0 spiro atoms. The molecule has 0 radical (unpaired) electrons. The first kappa shape index (κ1) is 12.9. The second-order valence-electron chi connectivity index (χ2n) is 4.31. The Morgan fingerprint density at radius 3 is 3.17 bits per heavy atom.